The Morgan fingerprint density at radius 2 is 1.93 bits per heavy atom. The number of nitrogens with zero attached hydrogens (tertiary/aromatic N) is 5. The molecule has 1 atom stereocenters. The van der Waals surface area contributed by atoms with Crippen molar-refractivity contribution in [1.82, 2.24) is 24.6 Å². The molecule has 0 N–H and O–H groups in total. The average molecular weight is 391 g/mol. The van der Waals surface area contributed by atoms with Gasteiger partial charge in [0, 0.05) is 31.0 Å². The lowest BCUT2D eigenvalue weighted by Gasteiger charge is -2.34. The Hall–Kier alpha value is -3.22. The minimum Gasteiger partial charge on any atom is -0.439 e. The zero-order valence-corrected chi connectivity index (χ0v) is 17.0. The van der Waals surface area contributed by atoms with Gasteiger partial charge in [-0.05, 0) is 45.2 Å². The standard InChI is InChI=1S/C22H25N5O2/c1-15-13-20(29-17-9-5-4-6-10-17)25-21(24-15)19-11-7-8-12-27(19)22(28)18-14-23-26(3)16(18)2/h4-6,9-10,13-14,19H,7-8,11-12H2,1-3H3/t19-/m1/s1. The second kappa shape index (κ2) is 8.03. The molecule has 2 aromatic heterocycles. The van der Waals surface area contributed by atoms with E-state index < -0.39 is 0 Å². The third-order valence-electron chi connectivity index (χ3n) is 5.34. The van der Waals surface area contributed by atoms with E-state index in [0.29, 0.717) is 23.8 Å². The SMILES string of the molecule is Cc1cc(Oc2ccccc2)nc([C@H]2CCCCN2C(=O)c2cnn(C)c2C)n1. The van der Waals surface area contributed by atoms with Crippen LogP contribution in [0.5, 0.6) is 11.6 Å². The van der Waals surface area contributed by atoms with Crippen molar-refractivity contribution in [1.29, 1.82) is 0 Å². The fourth-order valence-electron chi connectivity index (χ4n) is 3.68. The maximum Gasteiger partial charge on any atom is 0.257 e. The number of amides is 1. The molecule has 0 radical (unpaired) electrons. The Bertz CT molecular complexity index is 1020. The van der Waals surface area contributed by atoms with Crippen LogP contribution in [-0.2, 0) is 7.05 Å². The van der Waals surface area contributed by atoms with E-state index in [2.05, 4.69) is 15.1 Å². The minimum atomic E-state index is -0.172. The second-order valence-electron chi connectivity index (χ2n) is 7.40. The van der Waals surface area contributed by atoms with Gasteiger partial charge in [-0.3, -0.25) is 9.48 Å². The lowest BCUT2D eigenvalue weighted by atomic mass is 10.00. The maximum atomic E-state index is 13.3. The number of aryl methyl sites for hydroxylation is 2. The predicted octanol–water partition coefficient (Wildman–Crippen LogP) is 3.99. The van der Waals surface area contributed by atoms with Gasteiger partial charge in [-0.15, -0.1) is 0 Å². The summed E-state index contributed by atoms with van der Waals surface area (Å²) in [5.74, 6) is 1.83. The summed E-state index contributed by atoms with van der Waals surface area (Å²) in [5, 5.41) is 4.22. The highest BCUT2D eigenvalue weighted by molar-refractivity contribution is 5.95. The number of benzene rings is 1. The number of ether oxygens (including phenoxy) is 1. The summed E-state index contributed by atoms with van der Waals surface area (Å²) in [6.07, 6.45) is 4.48. The molecule has 0 spiro atoms. The van der Waals surface area contributed by atoms with Crippen molar-refractivity contribution in [2.75, 3.05) is 6.54 Å². The third kappa shape index (κ3) is 3.99. The molecule has 0 unspecified atom stereocenters. The topological polar surface area (TPSA) is 73.1 Å². The molecule has 1 amide bonds. The third-order valence-corrected chi connectivity index (χ3v) is 5.34. The van der Waals surface area contributed by atoms with Crippen molar-refractivity contribution in [2.24, 2.45) is 7.05 Å². The number of para-hydroxylation sites is 1. The van der Waals surface area contributed by atoms with E-state index in [1.807, 2.05) is 62.2 Å². The van der Waals surface area contributed by atoms with Crippen LogP contribution in [0.25, 0.3) is 0 Å². The molecule has 4 rings (SSSR count). The first-order valence-corrected chi connectivity index (χ1v) is 9.91. The second-order valence-corrected chi connectivity index (χ2v) is 7.40. The molecule has 3 heterocycles. The monoisotopic (exact) mass is 391 g/mol. The Morgan fingerprint density at radius 1 is 1.14 bits per heavy atom. The molecule has 0 aliphatic carbocycles. The molecule has 3 aromatic rings. The van der Waals surface area contributed by atoms with Crippen LogP contribution in [0, 0.1) is 13.8 Å². The van der Waals surface area contributed by atoms with Crippen molar-refractivity contribution in [3.05, 3.63) is 65.4 Å². The van der Waals surface area contributed by atoms with Gasteiger partial charge < -0.3 is 9.64 Å². The summed E-state index contributed by atoms with van der Waals surface area (Å²) in [5.41, 5.74) is 2.31. The molecule has 7 nitrogen and oxygen atoms in total. The summed E-state index contributed by atoms with van der Waals surface area (Å²) < 4.78 is 7.65. The molecule has 1 aliphatic rings. The van der Waals surface area contributed by atoms with Crippen LogP contribution < -0.4 is 4.74 Å². The van der Waals surface area contributed by atoms with Crippen molar-refractivity contribution in [3.8, 4) is 11.6 Å². The van der Waals surface area contributed by atoms with Crippen molar-refractivity contribution in [3.63, 3.8) is 0 Å². The van der Waals surface area contributed by atoms with Gasteiger partial charge >= 0.3 is 0 Å². The smallest absolute Gasteiger partial charge is 0.257 e. The maximum absolute atomic E-state index is 13.3. The van der Waals surface area contributed by atoms with E-state index >= 15 is 0 Å². The molecule has 1 fully saturated rings. The Balaban J connectivity index is 1.64. The summed E-state index contributed by atoms with van der Waals surface area (Å²) in [4.78, 5) is 24.5. The molecule has 0 saturated carbocycles. The molecule has 7 heteroatoms. The van der Waals surface area contributed by atoms with E-state index in [4.69, 9.17) is 4.74 Å². The Kier molecular flexibility index (Phi) is 5.29. The van der Waals surface area contributed by atoms with E-state index in [0.717, 1.165) is 36.4 Å². The highest BCUT2D eigenvalue weighted by Gasteiger charge is 2.32. The van der Waals surface area contributed by atoms with Gasteiger partial charge in [0.2, 0.25) is 5.88 Å². The van der Waals surface area contributed by atoms with Gasteiger partial charge in [0.15, 0.2) is 5.82 Å². The summed E-state index contributed by atoms with van der Waals surface area (Å²) >= 11 is 0. The van der Waals surface area contributed by atoms with E-state index in [9.17, 15) is 4.79 Å². The number of hydrogen-bond donors (Lipinski definition) is 0. The average Bonchev–Trinajstić information content (AvgIpc) is 3.06. The van der Waals surface area contributed by atoms with Crippen LogP contribution >= 0.6 is 0 Å². The van der Waals surface area contributed by atoms with Crippen LogP contribution in [0.15, 0.2) is 42.6 Å². The first-order valence-electron chi connectivity index (χ1n) is 9.91. The largest absolute Gasteiger partial charge is 0.439 e. The van der Waals surface area contributed by atoms with Gasteiger partial charge in [0.05, 0.1) is 17.8 Å². The molecular weight excluding hydrogens is 366 g/mol. The van der Waals surface area contributed by atoms with Gasteiger partial charge in [-0.2, -0.15) is 10.1 Å². The molecule has 1 aromatic carbocycles. The van der Waals surface area contributed by atoms with Crippen LogP contribution in [0.4, 0.5) is 0 Å². The Morgan fingerprint density at radius 3 is 2.66 bits per heavy atom. The quantitative estimate of drug-likeness (QED) is 0.672. The molecule has 150 valence electrons. The highest BCUT2D eigenvalue weighted by Crippen LogP contribution is 2.32. The van der Waals surface area contributed by atoms with Crippen molar-refractivity contribution >= 4 is 5.91 Å². The predicted molar refractivity (Wildman–Crippen MR) is 109 cm³/mol. The fraction of sp³-hybridized carbons (Fsp3) is 0.364. The molecular formula is C22H25N5O2. The zero-order chi connectivity index (χ0) is 20.4. The number of likely N-dealkylation sites (tertiary alicyclic amines) is 1. The number of piperidine rings is 1. The highest BCUT2D eigenvalue weighted by atomic mass is 16.5. The number of aromatic nitrogens is 4. The fourth-order valence-corrected chi connectivity index (χ4v) is 3.68. The summed E-state index contributed by atoms with van der Waals surface area (Å²) in [6.45, 7) is 4.52. The van der Waals surface area contributed by atoms with E-state index in [-0.39, 0.29) is 11.9 Å². The van der Waals surface area contributed by atoms with Crippen molar-refractivity contribution in [2.45, 2.75) is 39.2 Å². The lowest BCUT2D eigenvalue weighted by Crippen LogP contribution is -2.39. The molecule has 1 aliphatic heterocycles. The van der Waals surface area contributed by atoms with Gasteiger partial charge in [-0.25, -0.2) is 4.98 Å². The van der Waals surface area contributed by atoms with Crippen LogP contribution in [0.3, 0.4) is 0 Å². The van der Waals surface area contributed by atoms with Crippen LogP contribution in [0.2, 0.25) is 0 Å². The zero-order valence-electron chi connectivity index (χ0n) is 17.0. The number of rotatable bonds is 4. The van der Waals surface area contributed by atoms with E-state index in [1.54, 1.807) is 10.9 Å². The number of carbonyl (C=O) groups excluding carboxylic acids is 1. The molecule has 1 saturated heterocycles. The van der Waals surface area contributed by atoms with Crippen molar-refractivity contribution < 1.29 is 9.53 Å². The minimum absolute atomic E-state index is 0.0177. The Labute approximate surface area is 170 Å². The number of hydrogen-bond acceptors (Lipinski definition) is 5. The van der Waals surface area contributed by atoms with E-state index in [1.165, 1.54) is 0 Å². The first-order chi connectivity index (χ1) is 14.0. The van der Waals surface area contributed by atoms with Crippen LogP contribution in [0.1, 0.15) is 52.9 Å². The first kappa shape index (κ1) is 19.1. The summed E-state index contributed by atoms with van der Waals surface area (Å²) in [7, 11) is 1.84. The van der Waals surface area contributed by atoms with Crippen LogP contribution in [-0.4, -0.2) is 37.1 Å². The number of carbonyl (C=O) groups is 1. The lowest BCUT2D eigenvalue weighted by molar-refractivity contribution is 0.0597. The van der Waals surface area contributed by atoms with Gasteiger partial charge in [-0.1, -0.05) is 18.2 Å². The van der Waals surface area contributed by atoms with Gasteiger partial charge in [0.1, 0.15) is 5.75 Å². The molecule has 29 heavy (non-hydrogen) atoms. The molecule has 0 bridgehead atoms. The summed E-state index contributed by atoms with van der Waals surface area (Å²) in [6, 6.07) is 11.2. The van der Waals surface area contributed by atoms with Gasteiger partial charge in [0.25, 0.3) is 5.91 Å². The normalized spacial score (nSPS) is 16.7.